The summed E-state index contributed by atoms with van der Waals surface area (Å²) in [6.07, 6.45) is 0.773. The third kappa shape index (κ3) is 3.24. The lowest BCUT2D eigenvalue weighted by molar-refractivity contribution is -0.119. The van der Waals surface area contributed by atoms with Gasteiger partial charge in [-0.2, -0.15) is 0 Å². The third-order valence-corrected chi connectivity index (χ3v) is 3.23. The Morgan fingerprint density at radius 2 is 2.42 bits per heavy atom. The van der Waals surface area contributed by atoms with Crippen LogP contribution in [0.15, 0.2) is 18.2 Å². The molecule has 2 atom stereocenters. The Balaban J connectivity index is 2.27. The Morgan fingerprint density at radius 1 is 1.63 bits per heavy atom. The van der Waals surface area contributed by atoms with Crippen LogP contribution in [-0.4, -0.2) is 26.2 Å². The lowest BCUT2D eigenvalue weighted by Crippen LogP contribution is -2.30. The number of rotatable bonds is 4. The van der Waals surface area contributed by atoms with Crippen molar-refractivity contribution in [3.63, 3.8) is 0 Å². The number of hydrogen-bond donors (Lipinski definition) is 2. The summed E-state index contributed by atoms with van der Waals surface area (Å²) in [7, 11) is 1.63. The molecule has 1 amide bonds. The maximum atomic E-state index is 11.2. The van der Waals surface area contributed by atoms with Crippen molar-refractivity contribution in [1.82, 2.24) is 5.32 Å². The van der Waals surface area contributed by atoms with Crippen LogP contribution in [0, 0.1) is 0 Å². The Morgan fingerprint density at radius 3 is 3.11 bits per heavy atom. The van der Waals surface area contributed by atoms with Gasteiger partial charge in [0.25, 0.3) is 0 Å². The molecule has 5 nitrogen and oxygen atoms in total. The fraction of sp³-hybridized carbons (Fsp3) is 0.500. The van der Waals surface area contributed by atoms with Crippen molar-refractivity contribution in [2.45, 2.75) is 25.4 Å². The van der Waals surface area contributed by atoms with E-state index in [0.717, 1.165) is 23.3 Å². The summed E-state index contributed by atoms with van der Waals surface area (Å²) < 4.78 is 10.7. The number of nitrogens with one attached hydrogen (secondary N) is 1. The molecule has 104 valence electrons. The van der Waals surface area contributed by atoms with Crippen LogP contribution >= 0.6 is 0 Å². The molecule has 19 heavy (non-hydrogen) atoms. The van der Waals surface area contributed by atoms with Crippen LogP contribution in [0.4, 0.5) is 0 Å². The van der Waals surface area contributed by atoms with Gasteiger partial charge >= 0.3 is 0 Å². The SMILES string of the molecule is COCC(N)c1ccc2c(c1)C(NC(C)=O)CCO2. The molecule has 0 spiro atoms. The van der Waals surface area contributed by atoms with E-state index in [2.05, 4.69) is 5.32 Å². The first-order chi connectivity index (χ1) is 9.11. The van der Waals surface area contributed by atoms with Crippen molar-refractivity contribution in [2.24, 2.45) is 5.73 Å². The van der Waals surface area contributed by atoms with Gasteiger partial charge < -0.3 is 20.5 Å². The number of nitrogens with two attached hydrogens (primary N) is 1. The van der Waals surface area contributed by atoms with Crippen molar-refractivity contribution in [3.8, 4) is 5.75 Å². The molecule has 0 aromatic heterocycles. The van der Waals surface area contributed by atoms with Gasteiger partial charge in [-0.15, -0.1) is 0 Å². The molecule has 1 aliphatic heterocycles. The van der Waals surface area contributed by atoms with Gasteiger partial charge in [0.15, 0.2) is 0 Å². The summed E-state index contributed by atoms with van der Waals surface area (Å²) in [5.74, 6) is 0.780. The van der Waals surface area contributed by atoms with Crippen LogP contribution in [0.3, 0.4) is 0 Å². The van der Waals surface area contributed by atoms with E-state index in [1.807, 2.05) is 18.2 Å². The fourth-order valence-corrected chi connectivity index (χ4v) is 2.31. The Kier molecular flexibility index (Phi) is 4.39. The molecule has 0 saturated heterocycles. The minimum atomic E-state index is -0.171. The van der Waals surface area contributed by atoms with Crippen molar-refractivity contribution in [2.75, 3.05) is 20.3 Å². The standard InChI is InChI=1S/C14H20N2O3/c1-9(17)16-13-5-6-19-14-4-3-10(7-11(13)14)12(15)8-18-2/h3-4,7,12-13H,5-6,8,15H2,1-2H3,(H,16,17). The molecule has 1 aromatic rings. The Bertz CT molecular complexity index is 462. The number of ether oxygens (including phenoxy) is 2. The third-order valence-electron chi connectivity index (χ3n) is 3.23. The lowest BCUT2D eigenvalue weighted by Gasteiger charge is -2.27. The molecule has 5 heteroatoms. The van der Waals surface area contributed by atoms with Crippen molar-refractivity contribution in [1.29, 1.82) is 0 Å². The van der Waals surface area contributed by atoms with Crippen LogP contribution in [0.1, 0.15) is 36.6 Å². The first-order valence-corrected chi connectivity index (χ1v) is 6.40. The van der Waals surface area contributed by atoms with Crippen LogP contribution in [0.2, 0.25) is 0 Å². The number of benzene rings is 1. The number of hydrogen-bond acceptors (Lipinski definition) is 4. The zero-order valence-corrected chi connectivity index (χ0v) is 11.3. The Hall–Kier alpha value is -1.59. The van der Waals surface area contributed by atoms with Gasteiger partial charge in [0.1, 0.15) is 5.75 Å². The Labute approximate surface area is 113 Å². The van der Waals surface area contributed by atoms with Crippen LogP contribution in [0.5, 0.6) is 5.75 Å². The van der Waals surface area contributed by atoms with Crippen LogP contribution < -0.4 is 15.8 Å². The second kappa shape index (κ2) is 6.04. The van der Waals surface area contributed by atoms with Crippen LogP contribution in [0.25, 0.3) is 0 Å². The summed E-state index contributed by atoms with van der Waals surface area (Å²) in [5, 5.41) is 2.95. The second-order valence-electron chi connectivity index (χ2n) is 4.75. The summed E-state index contributed by atoms with van der Waals surface area (Å²) in [6, 6.07) is 5.68. The maximum absolute atomic E-state index is 11.2. The first-order valence-electron chi connectivity index (χ1n) is 6.40. The van der Waals surface area contributed by atoms with E-state index in [1.54, 1.807) is 7.11 Å². The minimum absolute atomic E-state index is 0.00375. The van der Waals surface area contributed by atoms with E-state index in [4.69, 9.17) is 15.2 Å². The molecule has 0 radical (unpaired) electrons. The molecule has 0 aliphatic carbocycles. The van der Waals surface area contributed by atoms with Gasteiger partial charge in [-0.25, -0.2) is 0 Å². The van der Waals surface area contributed by atoms with Gasteiger partial charge in [-0.05, 0) is 17.7 Å². The minimum Gasteiger partial charge on any atom is -0.493 e. The highest BCUT2D eigenvalue weighted by molar-refractivity contribution is 5.73. The van der Waals surface area contributed by atoms with E-state index in [1.165, 1.54) is 6.92 Å². The predicted molar refractivity (Wildman–Crippen MR) is 71.9 cm³/mol. The van der Waals surface area contributed by atoms with E-state index in [0.29, 0.717) is 13.2 Å². The quantitative estimate of drug-likeness (QED) is 0.859. The maximum Gasteiger partial charge on any atom is 0.217 e. The highest BCUT2D eigenvalue weighted by Crippen LogP contribution is 2.33. The van der Waals surface area contributed by atoms with Crippen molar-refractivity contribution in [3.05, 3.63) is 29.3 Å². The van der Waals surface area contributed by atoms with Gasteiger partial charge in [-0.3, -0.25) is 4.79 Å². The van der Waals surface area contributed by atoms with Crippen molar-refractivity contribution >= 4 is 5.91 Å². The van der Waals surface area contributed by atoms with E-state index in [9.17, 15) is 4.79 Å². The molecule has 0 fully saturated rings. The monoisotopic (exact) mass is 264 g/mol. The molecule has 1 aliphatic rings. The van der Waals surface area contributed by atoms with E-state index in [-0.39, 0.29) is 18.0 Å². The topological polar surface area (TPSA) is 73.6 Å². The molecule has 2 unspecified atom stereocenters. The summed E-state index contributed by atoms with van der Waals surface area (Å²) in [4.78, 5) is 11.2. The van der Waals surface area contributed by atoms with Gasteiger partial charge in [0.05, 0.1) is 25.3 Å². The number of carbonyl (C=O) groups excluding carboxylic acids is 1. The summed E-state index contributed by atoms with van der Waals surface area (Å²) in [5.41, 5.74) is 8.01. The van der Waals surface area contributed by atoms with Crippen molar-refractivity contribution < 1.29 is 14.3 Å². The number of methoxy groups -OCH3 is 1. The predicted octanol–water partition coefficient (Wildman–Crippen LogP) is 1.29. The molecule has 0 bridgehead atoms. The van der Waals surface area contributed by atoms with Gasteiger partial charge in [0, 0.05) is 26.0 Å². The van der Waals surface area contributed by atoms with Gasteiger partial charge in [-0.1, -0.05) is 6.07 Å². The van der Waals surface area contributed by atoms with Gasteiger partial charge in [0.2, 0.25) is 5.91 Å². The molecule has 1 heterocycles. The number of carbonyl (C=O) groups is 1. The fourth-order valence-electron chi connectivity index (χ4n) is 2.31. The molecule has 2 rings (SSSR count). The average Bonchev–Trinajstić information content (AvgIpc) is 2.38. The zero-order valence-electron chi connectivity index (χ0n) is 11.3. The number of fused-ring (bicyclic) bond motifs is 1. The lowest BCUT2D eigenvalue weighted by atomic mass is 9.96. The molecule has 0 saturated carbocycles. The largest absolute Gasteiger partial charge is 0.493 e. The number of amides is 1. The molecular formula is C14H20N2O3. The molecule has 1 aromatic carbocycles. The second-order valence-corrected chi connectivity index (χ2v) is 4.75. The molecular weight excluding hydrogens is 244 g/mol. The van der Waals surface area contributed by atoms with Crippen LogP contribution in [-0.2, 0) is 9.53 Å². The van der Waals surface area contributed by atoms with E-state index < -0.39 is 0 Å². The summed E-state index contributed by atoms with van der Waals surface area (Å²) >= 11 is 0. The average molecular weight is 264 g/mol. The smallest absolute Gasteiger partial charge is 0.217 e. The highest BCUT2D eigenvalue weighted by Gasteiger charge is 2.23. The van der Waals surface area contributed by atoms with E-state index >= 15 is 0 Å². The normalized spacial score (nSPS) is 19.2. The molecule has 3 N–H and O–H groups in total. The highest BCUT2D eigenvalue weighted by atomic mass is 16.5. The zero-order chi connectivity index (χ0) is 13.8. The first kappa shape index (κ1) is 13.8. The summed E-state index contributed by atoms with van der Waals surface area (Å²) in [6.45, 7) is 2.60.